The molecule has 5 nitrogen and oxygen atoms in total. The summed E-state index contributed by atoms with van der Waals surface area (Å²) in [6.07, 6.45) is 0.403. The molecule has 0 spiro atoms. The predicted molar refractivity (Wildman–Crippen MR) is 76.5 cm³/mol. The van der Waals surface area contributed by atoms with Gasteiger partial charge in [0.2, 0.25) is 0 Å². The van der Waals surface area contributed by atoms with E-state index >= 15 is 0 Å². The molecule has 0 aliphatic carbocycles. The van der Waals surface area contributed by atoms with Crippen LogP contribution in [0.4, 0.5) is 4.39 Å². The summed E-state index contributed by atoms with van der Waals surface area (Å²) in [5, 5.41) is 9.12. The number of carboxylic acid groups (broad SMARTS) is 1. The van der Waals surface area contributed by atoms with Gasteiger partial charge in [0.25, 0.3) is 5.91 Å². The monoisotopic (exact) mass is 359 g/mol. The minimum Gasteiger partial charge on any atom is -0.481 e. The molecule has 0 bridgehead atoms. The van der Waals surface area contributed by atoms with E-state index in [4.69, 9.17) is 9.84 Å². The molecule has 1 fully saturated rings. The number of carbonyl (C=O) groups is 2. The highest BCUT2D eigenvalue weighted by Gasteiger charge is 2.42. The van der Waals surface area contributed by atoms with Gasteiger partial charge in [0.15, 0.2) is 18.2 Å². The Morgan fingerprint density at radius 3 is 2.81 bits per heavy atom. The van der Waals surface area contributed by atoms with E-state index in [1.165, 1.54) is 17.0 Å². The Labute approximate surface area is 129 Å². The van der Waals surface area contributed by atoms with Gasteiger partial charge in [-0.25, -0.2) is 4.39 Å². The summed E-state index contributed by atoms with van der Waals surface area (Å²) in [5.41, 5.74) is -0.918. The maximum Gasteiger partial charge on any atom is 0.311 e. The molecule has 1 N–H and O–H groups in total. The molecule has 2 rings (SSSR count). The van der Waals surface area contributed by atoms with Crippen LogP contribution < -0.4 is 4.74 Å². The van der Waals surface area contributed by atoms with Gasteiger partial charge in [0.05, 0.1) is 5.41 Å². The molecule has 21 heavy (non-hydrogen) atoms. The highest BCUT2D eigenvalue weighted by molar-refractivity contribution is 9.10. The van der Waals surface area contributed by atoms with Crippen molar-refractivity contribution in [1.82, 2.24) is 4.90 Å². The third kappa shape index (κ3) is 3.53. The Hall–Kier alpha value is -1.63. The molecule has 0 radical (unpaired) electrons. The molecule has 114 valence electrons. The van der Waals surface area contributed by atoms with Gasteiger partial charge in [-0.1, -0.05) is 15.9 Å². The maximum absolute atomic E-state index is 13.5. The molecule has 1 aliphatic rings. The van der Waals surface area contributed by atoms with Crippen LogP contribution in [0.15, 0.2) is 22.7 Å². The number of amides is 1. The van der Waals surface area contributed by atoms with E-state index in [1.807, 2.05) is 0 Å². The van der Waals surface area contributed by atoms with Crippen LogP contribution in [0.25, 0.3) is 0 Å². The lowest BCUT2D eigenvalue weighted by atomic mass is 9.90. The normalized spacial score (nSPS) is 21.4. The first-order valence-electron chi connectivity index (χ1n) is 6.41. The first-order chi connectivity index (χ1) is 9.82. The van der Waals surface area contributed by atoms with Gasteiger partial charge in [0, 0.05) is 17.6 Å². The van der Waals surface area contributed by atoms with E-state index in [0.29, 0.717) is 17.4 Å². The van der Waals surface area contributed by atoms with Crippen LogP contribution >= 0.6 is 15.9 Å². The first kappa shape index (κ1) is 15.8. The molecule has 1 aromatic rings. The van der Waals surface area contributed by atoms with Crippen molar-refractivity contribution < 1.29 is 23.8 Å². The van der Waals surface area contributed by atoms with Crippen molar-refractivity contribution in [2.75, 3.05) is 19.7 Å². The van der Waals surface area contributed by atoms with Gasteiger partial charge in [-0.2, -0.15) is 0 Å². The van der Waals surface area contributed by atoms with Crippen LogP contribution in [0.3, 0.4) is 0 Å². The molecule has 1 heterocycles. The summed E-state index contributed by atoms with van der Waals surface area (Å²) in [7, 11) is 0. The molecule has 0 aromatic heterocycles. The second-order valence-electron chi connectivity index (χ2n) is 5.29. The molecule has 1 atom stereocenters. The van der Waals surface area contributed by atoms with Crippen LogP contribution in [0.5, 0.6) is 5.75 Å². The first-order valence-corrected chi connectivity index (χ1v) is 7.20. The number of likely N-dealkylation sites (tertiary alicyclic amines) is 1. The lowest BCUT2D eigenvalue weighted by Crippen LogP contribution is -2.37. The van der Waals surface area contributed by atoms with Crippen LogP contribution in [-0.2, 0) is 9.59 Å². The van der Waals surface area contributed by atoms with Crippen molar-refractivity contribution in [3.63, 3.8) is 0 Å². The van der Waals surface area contributed by atoms with Gasteiger partial charge in [-0.05, 0) is 31.5 Å². The van der Waals surface area contributed by atoms with Crippen molar-refractivity contribution >= 4 is 27.8 Å². The Morgan fingerprint density at radius 2 is 2.24 bits per heavy atom. The lowest BCUT2D eigenvalue weighted by Gasteiger charge is -2.20. The molecular weight excluding hydrogens is 345 g/mol. The van der Waals surface area contributed by atoms with Gasteiger partial charge in [-0.15, -0.1) is 0 Å². The molecule has 1 aliphatic heterocycles. The summed E-state index contributed by atoms with van der Waals surface area (Å²) in [4.78, 5) is 24.5. The molecule has 7 heteroatoms. The average molecular weight is 360 g/mol. The van der Waals surface area contributed by atoms with Crippen LogP contribution in [0.1, 0.15) is 13.3 Å². The van der Waals surface area contributed by atoms with Gasteiger partial charge >= 0.3 is 5.97 Å². The number of aliphatic carboxylic acids is 1. The fraction of sp³-hybridized carbons (Fsp3) is 0.429. The molecular formula is C14H15BrFNO4. The van der Waals surface area contributed by atoms with Crippen molar-refractivity contribution in [2.24, 2.45) is 5.41 Å². The average Bonchev–Trinajstić information content (AvgIpc) is 2.82. The van der Waals surface area contributed by atoms with E-state index < -0.39 is 17.2 Å². The zero-order chi connectivity index (χ0) is 15.6. The van der Waals surface area contributed by atoms with E-state index in [9.17, 15) is 14.0 Å². The third-order valence-electron chi connectivity index (χ3n) is 3.59. The summed E-state index contributed by atoms with van der Waals surface area (Å²) in [6, 6.07) is 4.29. The second-order valence-corrected chi connectivity index (χ2v) is 6.21. The zero-order valence-electron chi connectivity index (χ0n) is 11.4. The van der Waals surface area contributed by atoms with Crippen LogP contribution in [-0.4, -0.2) is 41.6 Å². The number of carboxylic acids is 1. The number of halogens is 2. The fourth-order valence-electron chi connectivity index (χ4n) is 2.17. The smallest absolute Gasteiger partial charge is 0.311 e. The topological polar surface area (TPSA) is 66.8 Å². The number of carbonyl (C=O) groups excluding carboxylic acids is 1. The number of rotatable bonds is 4. The Morgan fingerprint density at radius 1 is 1.52 bits per heavy atom. The van der Waals surface area contributed by atoms with Crippen LogP contribution in [0.2, 0.25) is 0 Å². The van der Waals surface area contributed by atoms with Gasteiger partial charge in [-0.3, -0.25) is 9.59 Å². The van der Waals surface area contributed by atoms with E-state index in [1.54, 1.807) is 13.0 Å². The molecule has 1 saturated heterocycles. The van der Waals surface area contributed by atoms with Crippen molar-refractivity contribution in [3.8, 4) is 5.75 Å². The highest BCUT2D eigenvalue weighted by atomic mass is 79.9. The number of hydrogen-bond donors (Lipinski definition) is 1. The number of hydrogen-bond acceptors (Lipinski definition) is 3. The maximum atomic E-state index is 13.5. The minimum absolute atomic E-state index is 0.00765. The second kappa shape index (κ2) is 6.01. The summed E-state index contributed by atoms with van der Waals surface area (Å²) < 4.78 is 19.3. The van der Waals surface area contributed by atoms with Crippen molar-refractivity contribution in [1.29, 1.82) is 0 Å². The summed E-state index contributed by atoms with van der Waals surface area (Å²) >= 11 is 3.13. The SMILES string of the molecule is CC1(C(=O)O)CCN(C(=O)COc2ccc(Br)cc2F)C1. The largest absolute Gasteiger partial charge is 0.481 e. The fourth-order valence-corrected chi connectivity index (χ4v) is 2.50. The van der Waals surface area contributed by atoms with E-state index in [0.717, 1.165) is 0 Å². The summed E-state index contributed by atoms with van der Waals surface area (Å²) in [6.45, 7) is 1.81. The Kier molecular flexibility index (Phi) is 4.51. The summed E-state index contributed by atoms with van der Waals surface area (Å²) in [5.74, 6) is -1.83. The quantitative estimate of drug-likeness (QED) is 0.895. The van der Waals surface area contributed by atoms with E-state index in [-0.39, 0.29) is 24.8 Å². The Bertz CT molecular complexity index is 580. The molecule has 0 saturated carbocycles. The third-order valence-corrected chi connectivity index (χ3v) is 4.08. The standard InChI is InChI=1S/C14H15BrFNO4/c1-14(13(19)20)4-5-17(8-14)12(18)7-21-11-3-2-9(15)6-10(11)16/h2-3,6H,4-5,7-8H2,1H3,(H,19,20). The van der Waals surface area contributed by atoms with Crippen molar-refractivity contribution in [2.45, 2.75) is 13.3 Å². The van der Waals surface area contributed by atoms with Gasteiger partial charge < -0.3 is 14.7 Å². The van der Waals surface area contributed by atoms with E-state index in [2.05, 4.69) is 15.9 Å². The Balaban J connectivity index is 1.93. The minimum atomic E-state index is -0.919. The van der Waals surface area contributed by atoms with Crippen LogP contribution in [0, 0.1) is 11.2 Å². The number of benzene rings is 1. The number of ether oxygens (including phenoxy) is 1. The van der Waals surface area contributed by atoms with Crippen molar-refractivity contribution in [3.05, 3.63) is 28.5 Å². The lowest BCUT2D eigenvalue weighted by molar-refractivity contribution is -0.147. The van der Waals surface area contributed by atoms with Gasteiger partial charge in [0.1, 0.15) is 0 Å². The zero-order valence-corrected chi connectivity index (χ0v) is 13.0. The molecule has 1 amide bonds. The highest BCUT2D eigenvalue weighted by Crippen LogP contribution is 2.30. The molecule has 1 aromatic carbocycles. The number of nitrogens with zero attached hydrogens (tertiary/aromatic N) is 1. The molecule has 1 unspecified atom stereocenters. The predicted octanol–water partition coefficient (Wildman–Crippen LogP) is 2.29.